The van der Waals surface area contributed by atoms with Crippen molar-refractivity contribution in [1.29, 1.82) is 0 Å². The Morgan fingerprint density at radius 1 is 1.06 bits per heavy atom. The average molecular weight is 462 g/mol. The maximum Gasteiger partial charge on any atom is 0.335 e. The van der Waals surface area contributed by atoms with Crippen LogP contribution in [0.25, 0.3) is 17.4 Å². The first-order valence-corrected chi connectivity index (χ1v) is 10.7. The molecular formula is C24H18N2O6S. The number of carboxylic acids is 1. The molecule has 3 aromatic rings. The fourth-order valence-electron chi connectivity index (χ4n) is 3.34. The number of benzene rings is 2. The Morgan fingerprint density at radius 3 is 2.55 bits per heavy atom. The second kappa shape index (κ2) is 9.17. The van der Waals surface area contributed by atoms with Gasteiger partial charge < -0.3 is 14.8 Å². The molecule has 2 N–H and O–H groups in total. The molecule has 0 spiro atoms. The highest BCUT2D eigenvalue weighted by Crippen LogP contribution is 2.34. The van der Waals surface area contributed by atoms with Crippen LogP contribution in [-0.2, 0) is 9.59 Å². The first-order valence-electron chi connectivity index (χ1n) is 9.87. The Morgan fingerprint density at radius 2 is 1.82 bits per heavy atom. The third-order valence-electron chi connectivity index (χ3n) is 4.96. The lowest BCUT2D eigenvalue weighted by Gasteiger charge is -2.12. The van der Waals surface area contributed by atoms with Crippen molar-refractivity contribution < 1.29 is 28.7 Å². The van der Waals surface area contributed by atoms with Crippen LogP contribution >= 0.6 is 11.8 Å². The van der Waals surface area contributed by atoms with Crippen molar-refractivity contribution in [1.82, 2.24) is 4.90 Å². The Hall–Kier alpha value is -4.11. The molecule has 33 heavy (non-hydrogen) atoms. The normalized spacial score (nSPS) is 14.7. The van der Waals surface area contributed by atoms with E-state index in [0.717, 1.165) is 16.7 Å². The first-order chi connectivity index (χ1) is 15.8. The summed E-state index contributed by atoms with van der Waals surface area (Å²) < 4.78 is 5.78. The van der Waals surface area contributed by atoms with E-state index in [1.54, 1.807) is 61.5 Å². The molecule has 4 rings (SSSR count). The minimum atomic E-state index is -1.04. The number of thioether (sulfide) groups is 1. The van der Waals surface area contributed by atoms with Gasteiger partial charge in [0.2, 0.25) is 5.91 Å². The maximum absolute atomic E-state index is 12.7. The molecule has 1 fully saturated rings. The molecule has 1 aromatic heterocycles. The summed E-state index contributed by atoms with van der Waals surface area (Å²) in [5, 5.41) is 11.4. The van der Waals surface area contributed by atoms with Gasteiger partial charge in [0.15, 0.2) is 0 Å². The summed E-state index contributed by atoms with van der Waals surface area (Å²) in [6, 6.07) is 16.9. The summed E-state index contributed by atoms with van der Waals surface area (Å²) in [7, 11) is 0. The quantitative estimate of drug-likeness (QED) is 0.513. The van der Waals surface area contributed by atoms with E-state index >= 15 is 0 Å². The molecule has 2 heterocycles. The predicted molar refractivity (Wildman–Crippen MR) is 124 cm³/mol. The van der Waals surface area contributed by atoms with Gasteiger partial charge >= 0.3 is 5.97 Å². The average Bonchev–Trinajstić information content (AvgIpc) is 3.34. The maximum atomic E-state index is 12.7. The number of nitrogens with zero attached hydrogens (tertiary/aromatic N) is 1. The number of carboxylic acid groups (broad SMARTS) is 1. The molecule has 166 valence electrons. The topological polar surface area (TPSA) is 117 Å². The summed E-state index contributed by atoms with van der Waals surface area (Å²) in [4.78, 5) is 49.6. The fourth-order valence-corrected chi connectivity index (χ4v) is 4.16. The number of hydrogen-bond donors (Lipinski definition) is 2. The first kappa shape index (κ1) is 22.1. The van der Waals surface area contributed by atoms with Gasteiger partial charge in [-0.25, -0.2) is 4.79 Å². The highest BCUT2D eigenvalue weighted by Gasteiger charge is 2.36. The molecule has 3 amide bonds. The van der Waals surface area contributed by atoms with Crippen LogP contribution in [0.5, 0.6) is 0 Å². The van der Waals surface area contributed by atoms with E-state index in [4.69, 9.17) is 4.42 Å². The Bertz CT molecular complexity index is 1300. The van der Waals surface area contributed by atoms with Crippen LogP contribution in [0.15, 0.2) is 70.0 Å². The Balaban J connectivity index is 1.49. The van der Waals surface area contributed by atoms with E-state index in [0.29, 0.717) is 28.3 Å². The summed E-state index contributed by atoms with van der Waals surface area (Å²) in [6.07, 6.45) is 1.43. The number of nitrogens with one attached hydrogen (secondary N) is 1. The number of rotatable bonds is 6. The van der Waals surface area contributed by atoms with Crippen LogP contribution in [0.4, 0.5) is 10.5 Å². The number of anilines is 1. The van der Waals surface area contributed by atoms with E-state index in [2.05, 4.69) is 5.32 Å². The number of hydrogen-bond acceptors (Lipinski definition) is 6. The minimum Gasteiger partial charge on any atom is -0.478 e. The second-order valence-corrected chi connectivity index (χ2v) is 8.16. The third kappa shape index (κ3) is 4.73. The predicted octanol–water partition coefficient (Wildman–Crippen LogP) is 4.63. The van der Waals surface area contributed by atoms with Crippen molar-refractivity contribution in [3.8, 4) is 11.3 Å². The second-order valence-electron chi connectivity index (χ2n) is 7.17. The smallest absolute Gasteiger partial charge is 0.335 e. The highest BCUT2D eigenvalue weighted by atomic mass is 32.2. The molecule has 1 aliphatic heterocycles. The molecule has 8 nitrogen and oxygen atoms in total. The van der Waals surface area contributed by atoms with Crippen LogP contribution in [0.1, 0.15) is 21.7 Å². The van der Waals surface area contributed by atoms with Crippen LogP contribution in [0.2, 0.25) is 0 Å². The molecule has 0 unspecified atom stereocenters. The Kier molecular flexibility index (Phi) is 6.14. The summed E-state index contributed by atoms with van der Waals surface area (Å²) in [6.45, 7) is 1.29. The van der Waals surface area contributed by atoms with Gasteiger partial charge in [-0.3, -0.25) is 19.3 Å². The molecular weight excluding hydrogens is 444 g/mol. The lowest BCUT2D eigenvalue weighted by atomic mass is 10.0. The van der Waals surface area contributed by atoms with Gasteiger partial charge in [-0.15, -0.1) is 0 Å². The summed E-state index contributed by atoms with van der Waals surface area (Å²) in [5.74, 6) is -1.35. The van der Waals surface area contributed by atoms with Gasteiger partial charge in [0.05, 0.1) is 10.5 Å². The van der Waals surface area contributed by atoms with Gasteiger partial charge in [-0.2, -0.15) is 0 Å². The number of carbonyl (C=O) groups is 4. The number of furan rings is 1. The number of para-hydroxylation sites is 1. The van der Waals surface area contributed by atoms with Gasteiger partial charge in [-0.05, 0) is 54.6 Å². The van der Waals surface area contributed by atoms with Crippen molar-refractivity contribution >= 4 is 46.5 Å². The summed E-state index contributed by atoms with van der Waals surface area (Å²) >= 11 is 0.720. The van der Waals surface area contributed by atoms with E-state index in [1.807, 2.05) is 0 Å². The zero-order chi connectivity index (χ0) is 23.5. The monoisotopic (exact) mass is 462 g/mol. The number of carbonyl (C=O) groups excluding carboxylic acids is 3. The highest BCUT2D eigenvalue weighted by molar-refractivity contribution is 8.18. The van der Waals surface area contributed by atoms with Gasteiger partial charge in [-0.1, -0.05) is 30.3 Å². The minimum absolute atomic E-state index is 0.129. The van der Waals surface area contributed by atoms with Crippen LogP contribution in [-0.4, -0.2) is 39.6 Å². The zero-order valence-corrected chi connectivity index (χ0v) is 18.2. The largest absolute Gasteiger partial charge is 0.478 e. The van der Waals surface area contributed by atoms with Crippen molar-refractivity contribution in [3.05, 3.63) is 82.5 Å². The summed E-state index contributed by atoms with van der Waals surface area (Å²) in [5.41, 5.74) is 1.90. The SMILES string of the molecule is Cc1c(C(=O)O)cccc1-c1ccc(C=C2SC(=O)N(CC(=O)Nc3ccccc3)C2=O)o1. The van der Waals surface area contributed by atoms with Crippen LogP contribution in [0.3, 0.4) is 0 Å². The molecule has 2 aromatic carbocycles. The molecule has 1 aliphatic rings. The Labute approximate surface area is 192 Å². The van der Waals surface area contributed by atoms with Gasteiger partial charge in [0.25, 0.3) is 11.1 Å². The third-order valence-corrected chi connectivity index (χ3v) is 5.87. The van der Waals surface area contributed by atoms with E-state index < -0.39 is 29.6 Å². The molecule has 0 atom stereocenters. The van der Waals surface area contributed by atoms with Crippen molar-refractivity contribution in [2.45, 2.75) is 6.92 Å². The molecule has 9 heteroatoms. The van der Waals surface area contributed by atoms with E-state index in [1.165, 1.54) is 12.1 Å². The van der Waals surface area contributed by atoms with E-state index in [-0.39, 0.29) is 10.5 Å². The molecule has 0 saturated carbocycles. The van der Waals surface area contributed by atoms with Crippen molar-refractivity contribution in [3.63, 3.8) is 0 Å². The lowest BCUT2D eigenvalue weighted by molar-refractivity contribution is -0.127. The van der Waals surface area contributed by atoms with Crippen molar-refractivity contribution in [2.24, 2.45) is 0 Å². The molecule has 0 aliphatic carbocycles. The molecule has 0 radical (unpaired) electrons. The van der Waals surface area contributed by atoms with E-state index in [9.17, 15) is 24.3 Å². The van der Waals surface area contributed by atoms with Crippen molar-refractivity contribution in [2.75, 3.05) is 11.9 Å². The fraction of sp³-hybridized carbons (Fsp3) is 0.0833. The number of amides is 3. The van der Waals surface area contributed by atoms with Crippen LogP contribution < -0.4 is 5.32 Å². The lowest BCUT2D eigenvalue weighted by Crippen LogP contribution is -2.36. The standard InChI is InChI=1S/C24H18N2O6S/c1-14-17(8-5-9-18(14)23(29)30)19-11-10-16(32-19)12-20-22(28)26(24(31)33-20)13-21(27)25-15-6-3-2-4-7-15/h2-12H,13H2,1H3,(H,25,27)(H,29,30). The zero-order valence-electron chi connectivity index (χ0n) is 17.4. The van der Waals surface area contributed by atoms with Gasteiger partial charge in [0.1, 0.15) is 18.1 Å². The molecule has 0 bridgehead atoms. The van der Waals surface area contributed by atoms with Crippen LogP contribution in [0, 0.1) is 6.92 Å². The number of imide groups is 1. The van der Waals surface area contributed by atoms with Gasteiger partial charge in [0, 0.05) is 17.3 Å². The molecule has 1 saturated heterocycles. The number of aromatic carboxylic acids is 1.